The first-order valence-electron chi connectivity index (χ1n) is 8.82. The minimum atomic E-state index is -0.567. The molecule has 1 fully saturated rings. The number of aromatic nitrogens is 2. The Balaban J connectivity index is 1.93. The molecule has 1 aliphatic rings. The zero-order chi connectivity index (χ0) is 18.8. The number of aliphatic hydroxyl groups is 1. The summed E-state index contributed by atoms with van der Waals surface area (Å²) in [7, 11) is 0. The summed E-state index contributed by atoms with van der Waals surface area (Å²) in [6, 6.07) is 4.80. The molecule has 0 radical (unpaired) electrons. The SMILES string of the molecule is CCOC(=O)c1ccc2c(c1)nc(CN1C[C@H](O)C[C@H]1C(N)=O)n2CC. The maximum atomic E-state index is 11.9. The van der Waals surface area contributed by atoms with E-state index in [1.807, 2.05) is 22.5 Å². The van der Waals surface area contributed by atoms with Gasteiger partial charge in [0, 0.05) is 13.1 Å². The number of aliphatic hydroxyl groups excluding tert-OH is 1. The van der Waals surface area contributed by atoms with Crippen LogP contribution >= 0.6 is 0 Å². The minimum absolute atomic E-state index is 0.317. The number of likely N-dealkylation sites (tertiary alicyclic amines) is 1. The van der Waals surface area contributed by atoms with E-state index in [9.17, 15) is 14.7 Å². The van der Waals surface area contributed by atoms with Gasteiger partial charge in [0.05, 0.1) is 41.9 Å². The van der Waals surface area contributed by atoms with Crippen molar-refractivity contribution in [2.24, 2.45) is 5.73 Å². The summed E-state index contributed by atoms with van der Waals surface area (Å²) in [5.41, 5.74) is 7.52. The molecule has 8 heteroatoms. The third kappa shape index (κ3) is 3.42. The summed E-state index contributed by atoms with van der Waals surface area (Å²) in [5.74, 6) is -0.0485. The number of β-amino-alcohol motifs (C(OH)–C–C–N with tert-alkyl or cyclic N) is 1. The van der Waals surface area contributed by atoms with Gasteiger partial charge in [-0.05, 0) is 38.5 Å². The predicted molar refractivity (Wildman–Crippen MR) is 95.4 cm³/mol. The largest absolute Gasteiger partial charge is 0.462 e. The molecule has 1 amide bonds. The number of carbonyl (C=O) groups excluding carboxylic acids is 2. The van der Waals surface area contributed by atoms with E-state index in [-0.39, 0.29) is 5.97 Å². The van der Waals surface area contributed by atoms with Crippen molar-refractivity contribution in [2.75, 3.05) is 13.2 Å². The van der Waals surface area contributed by atoms with E-state index in [0.717, 1.165) is 11.3 Å². The van der Waals surface area contributed by atoms with Crippen LogP contribution in [-0.2, 0) is 22.6 Å². The zero-order valence-electron chi connectivity index (χ0n) is 15.0. The molecule has 1 aromatic carbocycles. The van der Waals surface area contributed by atoms with E-state index in [0.29, 0.717) is 43.7 Å². The molecule has 3 N–H and O–H groups in total. The molecular weight excluding hydrogens is 336 g/mol. The van der Waals surface area contributed by atoms with Gasteiger partial charge >= 0.3 is 5.97 Å². The summed E-state index contributed by atoms with van der Waals surface area (Å²) in [6.07, 6.45) is -0.225. The summed E-state index contributed by atoms with van der Waals surface area (Å²) >= 11 is 0. The number of nitrogens with zero attached hydrogens (tertiary/aromatic N) is 3. The van der Waals surface area contributed by atoms with Crippen molar-refractivity contribution in [2.45, 2.75) is 45.5 Å². The van der Waals surface area contributed by atoms with E-state index in [1.54, 1.807) is 19.1 Å². The Labute approximate surface area is 151 Å². The summed E-state index contributed by atoms with van der Waals surface area (Å²) in [5, 5.41) is 9.88. The first-order valence-corrected chi connectivity index (χ1v) is 8.82. The highest BCUT2D eigenvalue weighted by Gasteiger charge is 2.35. The van der Waals surface area contributed by atoms with Crippen LogP contribution in [0.25, 0.3) is 11.0 Å². The van der Waals surface area contributed by atoms with Gasteiger partial charge < -0.3 is 20.1 Å². The standard InChI is InChI=1S/C18H24N4O4/c1-3-22-14-6-5-11(18(25)26-4-2)7-13(14)20-16(22)10-21-9-12(23)8-15(21)17(19)24/h5-7,12,15,23H,3-4,8-10H2,1-2H3,(H2,19,24)/t12-,15+/m1/s1. The van der Waals surface area contributed by atoms with E-state index < -0.39 is 18.1 Å². The van der Waals surface area contributed by atoms with Gasteiger partial charge in [-0.3, -0.25) is 9.69 Å². The fourth-order valence-corrected chi connectivity index (χ4v) is 3.53. The van der Waals surface area contributed by atoms with Crippen LogP contribution in [0.2, 0.25) is 0 Å². The number of nitrogens with two attached hydrogens (primary N) is 1. The van der Waals surface area contributed by atoms with Crippen LogP contribution in [0, 0.1) is 0 Å². The third-order valence-electron chi connectivity index (χ3n) is 4.71. The number of amides is 1. The van der Waals surface area contributed by atoms with Crippen molar-refractivity contribution >= 4 is 22.9 Å². The fraction of sp³-hybridized carbons (Fsp3) is 0.500. The second-order valence-electron chi connectivity index (χ2n) is 6.43. The number of imidazole rings is 1. The lowest BCUT2D eigenvalue weighted by Crippen LogP contribution is -2.40. The molecule has 26 heavy (non-hydrogen) atoms. The molecule has 1 aliphatic heterocycles. The highest BCUT2D eigenvalue weighted by atomic mass is 16.5. The molecule has 0 saturated carbocycles. The second-order valence-corrected chi connectivity index (χ2v) is 6.43. The molecule has 140 valence electrons. The third-order valence-corrected chi connectivity index (χ3v) is 4.71. The van der Waals surface area contributed by atoms with Crippen LogP contribution in [0.1, 0.15) is 36.5 Å². The van der Waals surface area contributed by atoms with Crippen molar-refractivity contribution in [3.05, 3.63) is 29.6 Å². The number of hydrogen-bond donors (Lipinski definition) is 2. The van der Waals surface area contributed by atoms with E-state index in [2.05, 4.69) is 4.98 Å². The second kappa shape index (κ2) is 7.43. The van der Waals surface area contributed by atoms with Gasteiger partial charge in [0.25, 0.3) is 0 Å². The lowest BCUT2D eigenvalue weighted by molar-refractivity contribution is -0.122. The number of benzene rings is 1. The van der Waals surface area contributed by atoms with Gasteiger partial charge in [0.15, 0.2) is 0 Å². The average molecular weight is 360 g/mol. The Morgan fingerprint density at radius 3 is 2.81 bits per heavy atom. The van der Waals surface area contributed by atoms with Gasteiger partial charge in [-0.1, -0.05) is 0 Å². The van der Waals surface area contributed by atoms with Crippen LogP contribution in [-0.4, -0.2) is 56.7 Å². The topological polar surface area (TPSA) is 111 Å². The van der Waals surface area contributed by atoms with Crippen LogP contribution in [0.5, 0.6) is 0 Å². The summed E-state index contributed by atoms with van der Waals surface area (Å²) < 4.78 is 7.07. The molecule has 1 saturated heterocycles. The average Bonchev–Trinajstić information content (AvgIpc) is 3.14. The molecule has 1 aromatic heterocycles. The van der Waals surface area contributed by atoms with Gasteiger partial charge in [-0.25, -0.2) is 9.78 Å². The lowest BCUT2D eigenvalue weighted by Gasteiger charge is -2.21. The molecule has 0 spiro atoms. The maximum absolute atomic E-state index is 11.9. The van der Waals surface area contributed by atoms with Gasteiger partial charge in [-0.2, -0.15) is 0 Å². The zero-order valence-corrected chi connectivity index (χ0v) is 15.0. The molecule has 0 bridgehead atoms. The van der Waals surface area contributed by atoms with Gasteiger partial charge in [0.2, 0.25) is 5.91 Å². The lowest BCUT2D eigenvalue weighted by atomic mass is 10.2. The van der Waals surface area contributed by atoms with Crippen molar-refractivity contribution in [1.82, 2.24) is 14.5 Å². The maximum Gasteiger partial charge on any atom is 0.338 e. The summed E-state index contributed by atoms with van der Waals surface area (Å²) in [4.78, 5) is 30.1. The predicted octanol–water partition coefficient (Wildman–Crippen LogP) is 0.653. The number of ether oxygens (including phenoxy) is 1. The number of rotatable bonds is 6. The van der Waals surface area contributed by atoms with Crippen LogP contribution in [0.15, 0.2) is 18.2 Å². The molecule has 3 rings (SSSR count). The van der Waals surface area contributed by atoms with E-state index in [1.165, 1.54) is 0 Å². The molecule has 8 nitrogen and oxygen atoms in total. The molecular formula is C18H24N4O4. The van der Waals surface area contributed by atoms with Crippen molar-refractivity contribution in [1.29, 1.82) is 0 Å². The number of carbonyl (C=O) groups is 2. The molecule has 0 unspecified atom stereocenters. The number of aryl methyl sites for hydroxylation is 1. The molecule has 2 heterocycles. The highest BCUT2D eigenvalue weighted by molar-refractivity contribution is 5.93. The quantitative estimate of drug-likeness (QED) is 0.732. The normalized spacial score (nSPS) is 20.6. The molecule has 0 aliphatic carbocycles. The Morgan fingerprint density at radius 2 is 2.15 bits per heavy atom. The first-order chi connectivity index (χ1) is 12.4. The number of esters is 1. The number of fused-ring (bicyclic) bond motifs is 1. The highest BCUT2D eigenvalue weighted by Crippen LogP contribution is 2.24. The Morgan fingerprint density at radius 1 is 1.38 bits per heavy atom. The van der Waals surface area contributed by atoms with Crippen molar-refractivity contribution < 1.29 is 19.4 Å². The van der Waals surface area contributed by atoms with Crippen molar-refractivity contribution in [3.63, 3.8) is 0 Å². The monoisotopic (exact) mass is 360 g/mol. The summed E-state index contributed by atoms with van der Waals surface area (Å²) in [6.45, 7) is 5.57. The Hall–Kier alpha value is -2.45. The van der Waals surface area contributed by atoms with Gasteiger partial charge in [0.1, 0.15) is 5.82 Å². The van der Waals surface area contributed by atoms with Gasteiger partial charge in [-0.15, -0.1) is 0 Å². The van der Waals surface area contributed by atoms with Crippen LogP contribution in [0.4, 0.5) is 0 Å². The molecule has 2 aromatic rings. The van der Waals surface area contributed by atoms with E-state index >= 15 is 0 Å². The Kier molecular flexibility index (Phi) is 5.24. The minimum Gasteiger partial charge on any atom is -0.462 e. The van der Waals surface area contributed by atoms with Crippen molar-refractivity contribution in [3.8, 4) is 0 Å². The number of hydrogen-bond acceptors (Lipinski definition) is 6. The van der Waals surface area contributed by atoms with E-state index in [4.69, 9.17) is 10.5 Å². The number of primary amides is 1. The molecule has 2 atom stereocenters. The van der Waals surface area contributed by atoms with Crippen LogP contribution < -0.4 is 5.73 Å². The smallest absolute Gasteiger partial charge is 0.338 e. The first kappa shape index (κ1) is 18.3. The van der Waals surface area contributed by atoms with Crippen LogP contribution in [0.3, 0.4) is 0 Å². The Bertz CT molecular complexity index is 832. The fourth-order valence-electron chi connectivity index (χ4n) is 3.53.